The van der Waals surface area contributed by atoms with Crippen LogP contribution in [0.5, 0.6) is 11.5 Å². The summed E-state index contributed by atoms with van der Waals surface area (Å²) in [4.78, 5) is 33.0. The Balaban J connectivity index is 1.59. The van der Waals surface area contributed by atoms with Gasteiger partial charge in [-0.15, -0.1) is 17.9 Å². The Morgan fingerprint density at radius 2 is 2.09 bits per heavy atom. The highest BCUT2D eigenvalue weighted by molar-refractivity contribution is 7.99. The Kier molecular flexibility index (Phi) is 7.39. The zero-order valence-electron chi connectivity index (χ0n) is 18.8. The highest BCUT2D eigenvalue weighted by atomic mass is 32.2. The van der Waals surface area contributed by atoms with Gasteiger partial charge >= 0.3 is 0 Å². The van der Waals surface area contributed by atoms with E-state index in [2.05, 4.69) is 11.9 Å². The topological polar surface area (TPSA) is 82.5 Å². The summed E-state index contributed by atoms with van der Waals surface area (Å²) in [6, 6.07) is 5.21. The maximum absolute atomic E-state index is 13.4. The van der Waals surface area contributed by atoms with Crippen molar-refractivity contribution < 1.29 is 14.3 Å². The molecular formula is C24H27N3O4S2. The molecule has 1 N–H and O–H groups in total. The maximum atomic E-state index is 13.4. The average Bonchev–Trinajstić information content (AvgIpc) is 3.00. The predicted molar refractivity (Wildman–Crippen MR) is 134 cm³/mol. The fourth-order valence-corrected chi connectivity index (χ4v) is 6.14. The third kappa shape index (κ3) is 4.94. The Morgan fingerprint density at radius 3 is 2.85 bits per heavy atom. The second kappa shape index (κ2) is 10.4. The van der Waals surface area contributed by atoms with Crippen molar-refractivity contribution in [3.8, 4) is 11.5 Å². The van der Waals surface area contributed by atoms with Crippen molar-refractivity contribution in [3.63, 3.8) is 0 Å². The zero-order valence-corrected chi connectivity index (χ0v) is 20.4. The van der Waals surface area contributed by atoms with Crippen molar-refractivity contribution >= 4 is 44.9 Å². The molecule has 0 saturated heterocycles. The van der Waals surface area contributed by atoms with E-state index in [1.54, 1.807) is 54.4 Å². The van der Waals surface area contributed by atoms with Gasteiger partial charge in [0, 0.05) is 17.5 Å². The van der Waals surface area contributed by atoms with Crippen molar-refractivity contribution in [3.05, 3.63) is 51.6 Å². The molecular weight excluding hydrogens is 458 g/mol. The van der Waals surface area contributed by atoms with Crippen LogP contribution >= 0.6 is 23.1 Å². The van der Waals surface area contributed by atoms with E-state index in [0.717, 1.165) is 35.9 Å². The summed E-state index contributed by atoms with van der Waals surface area (Å²) in [6.45, 7) is 4.14. The van der Waals surface area contributed by atoms with E-state index >= 15 is 0 Å². The maximum Gasteiger partial charge on any atom is 0.263 e. The van der Waals surface area contributed by atoms with Gasteiger partial charge in [0.25, 0.3) is 5.56 Å². The zero-order chi connectivity index (χ0) is 23.4. The van der Waals surface area contributed by atoms with Crippen LogP contribution in [0.1, 0.15) is 29.7 Å². The van der Waals surface area contributed by atoms with Gasteiger partial charge in [-0.1, -0.05) is 24.3 Å². The van der Waals surface area contributed by atoms with Crippen molar-refractivity contribution in [1.29, 1.82) is 0 Å². The highest BCUT2D eigenvalue weighted by Crippen LogP contribution is 2.34. The quantitative estimate of drug-likeness (QED) is 0.216. The molecule has 0 spiro atoms. The van der Waals surface area contributed by atoms with E-state index in [4.69, 9.17) is 14.5 Å². The lowest BCUT2D eigenvalue weighted by Crippen LogP contribution is -2.24. The summed E-state index contributed by atoms with van der Waals surface area (Å²) in [5.41, 5.74) is 1.65. The molecule has 1 aliphatic rings. The number of aryl methyl sites for hydroxylation is 2. The number of ether oxygens (including phenoxy) is 2. The van der Waals surface area contributed by atoms with Crippen LogP contribution in [-0.4, -0.2) is 35.4 Å². The Labute approximate surface area is 200 Å². The minimum Gasteiger partial charge on any atom is -0.497 e. The molecule has 0 radical (unpaired) electrons. The number of anilines is 1. The second-order valence-corrected chi connectivity index (χ2v) is 9.77. The predicted octanol–water partition coefficient (Wildman–Crippen LogP) is 4.66. The number of hydrogen-bond acceptors (Lipinski definition) is 7. The minimum absolute atomic E-state index is 0.0447. The molecule has 1 aliphatic carbocycles. The van der Waals surface area contributed by atoms with Crippen LogP contribution in [0, 0.1) is 0 Å². The van der Waals surface area contributed by atoms with E-state index in [1.165, 1.54) is 28.6 Å². The van der Waals surface area contributed by atoms with Gasteiger partial charge in [-0.05, 0) is 43.4 Å². The molecule has 3 aromatic rings. The SMILES string of the molecule is C=CCn1c(SCC(=O)Nc2cc(OC)ccc2OC)nc2sc3c(c2c1=O)CCCCC3. The van der Waals surface area contributed by atoms with Crippen LogP contribution in [0.2, 0.25) is 0 Å². The van der Waals surface area contributed by atoms with Crippen LogP contribution < -0.4 is 20.3 Å². The summed E-state index contributed by atoms with van der Waals surface area (Å²) >= 11 is 2.86. The third-order valence-corrected chi connectivity index (χ3v) is 7.78. The first-order valence-electron chi connectivity index (χ1n) is 10.9. The van der Waals surface area contributed by atoms with Gasteiger partial charge in [0.1, 0.15) is 16.3 Å². The summed E-state index contributed by atoms with van der Waals surface area (Å²) in [5, 5.41) is 4.13. The molecule has 1 amide bonds. The number of hydrogen-bond donors (Lipinski definition) is 1. The van der Waals surface area contributed by atoms with Crippen LogP contribution in [0.3, 0.4) is 0 Å². The number of thiophene rings is 1. The molecule has 0 unspecified atom stereocenters. The number of nitrogens with one attached hydrogen (secondary N) is 1. The molecule has 0 atom stereocenters. The van der Waals surface area contributed by atoms with Gasteiger partial charge in [0.15, 0.2) is 5.16 Å². The molecule has 9 heteroatoms. The van der Waals surface area contributed by atoms with Gasteiger partial charge in [0.2, 0.25) is 5.91 Å². The van der Waals surface area contributed by atoms with E-state index in [0.29, 0.717) is 28.9 Å². The Bertz CT molecular complexity index is 1250. The van der Waals surface area contributed by atoms with Crippen molar-refractivity contribution in [1.82, 2.24) is 9.55 Å². The number of methoxy groups -OCH3 is 2. The molecule has 33 heavy (non-hydrogen) atoms. The second-order valence-electron chi connectivity index (χ2n) is 7.75. The molecule has 1 aromatic carbocycles. The number of amides is 1. The van der Waals surface area contributed by atoms with E-state index in [1.807, 2.05) is 0 Å². The smallest absolute Gasteiger partial charge is 0.263 e. The summed E-state index contributed by atoms with van der Waals surface area (Å²) in [6.07, 6.45) is 7.06. The number of nitrogens with zero attached hydrogens (tertiary/aromatic N) is 2. The number of carbonyl (C=O) groups is 1. The van der Waals surface area contributed by atoms with Gasteiger partial charge in [-0.3, -0.25) is 14.2 Å². The number of thioether (sulfide) groups is 1. The molecule has 0 bridgehead atoms. The molecule has 2 heterocycles. The largest absolute Gasteiger partial charge is 0.497 e. The molecule has 4 rings (SSSR count). The van der Waals surface area contributed by atoms with Crippen LogP contribution in [0.15, 0.2) is 40.8 Å². The normalized spacial score (nSPS) is 13.3. The number of benzene rings is 1. The lowest BCUT2D eigenvalue weighted by molar-refractivity contribution is -0.113. The van der Waals surface area contributed by atoms with Gasteiger partial charge < -0.3 is 14.8 Å². The summed E-state index contributed by atoms with van der Waals surface area (Å²) < 4.78 is 12.2. The first-order valence-corrected chi connectivity index (χ1v) is 12.7. The Hall–Kier alpha value is -2.78. The Morgan fingerprint density at radius 1 is 1.27 bits per heavy atom. The van der Waals surface area contributed by atoms with Crippen molar-refractivity contribution in [2.75, 3.05) is 25.3 Å². The molecule has 0 saturated carbocycles. The first kappa shape index (κ1) is 23.4. The van der Waals surface area contributed by atoms with Crippen molar-refractivity contribution in [2.24, 2.45) is 0 Å². The van der Waals surface area contributed by atoms with Crippen molar-refractivity contribution in [2.45, 2.75) is 43.8 Å². The third-order valence-electron chi connectivity index (χ3n) is 5.61. The molecule has 174 valence electrons. The summed E-state index contributed by atoms with van der Waals surface area (Å²) in [5.74, 6) is 1.02. The molecule has 0 fully saturated rings. The number of fused-ring (bicyclic) bond motifs is 3. The standard InChI is InChI=1S/C24H27N3O4S2/c1-4-12-27-23(29)21-16-8-6-5-7-9-19(16)33-22(21)26-24(27)32-14-20(28)25-17-13-15(30-2)10-11-18(17)31-3/h4,10-11,13H,1,5-9,12,14H2,2-3H3,(H,25,28). The first-order chi connectivity index (χ1) is 16.0. The molecule has 7 nitrogen and oxygen atoms in total. The fraction of sp³-hybridized carbons (Fsp3) is 0.375. The molecule has 2 aromatic heterocycles. The van der Waals surface area contributed by atoms with Crippen LogP contribution in [-0.2, 0) is 24.2 Å². The summed E-state index contributed by atoms with van der Waals surface area (Å²) in [7, 11) is 3.11. The lowest BCUT2D eigenvalue weighted by atomic mass is 10.1. The van der Waals surface area contributed by atoms with E-state index in [9.17, 15) is 9.59 Å². The number of allylic oxidation sites excluding steroid dienone is 1. The highest BCUT2D eigenvalue weighted by Gasteiger charge is 2.22. The van der Waals surface area contributed by atoms with Gasteiger partial charge in [-0.2, -0.15) is 0 Å². The van der Waals surface area contributed by atoms with Gasteiger partial charge in [0.05, 0.1) is 31.0 Å². The van der Waals surface area contributed by atoms with E-state index in [-0.39, 0.29) is 17.2 Å². The number of rotatable bonds is 8. The average molecular weight is 486 g/mol. The lowest BCUT2D eigenvalue weighted by Gasteiger charge is -2.13. The minimum atomic E-state index is -0.229. The number of aromatic nitrogens is 2. The number of carbonyl (C=O) groups excluding carboxylic acids is 1. The van der Waals surface area contributed by atoms with Crippen LogP contribution in [0.25, 0.3) is 10.2 Å². The van der Waals surface area contributed by atoms with Gasteiger partial charge in [-0.25, -0.2) is 4.98 Å². The molecule has 0 aliphatic heterocycles. The van der Waals surface area contributed by atoms with Crippen LogP contribution in [0.4, 0.5) is 5.69 Å². The van der Waals surface area contributed by atoms with E-state index < -0.39 is 0 Å². The fourth-order valence-electron chi connectivity index (χ4n) is 4.03. The monoisotopic (exact) mass is 485 g/mol.